The highest BCUT2D eigenvalue weighted by Crippen LogP contribution is 2.29. The Morgan fingerprint density at radius 3 is 2.40 bits per heavy atom. The average Bonchev–Trinajstić information content (AvgIpc) is 2.96. The Bertz CT molecular complexity index is 733. The highest BCUT2D eigenvalue weighted by Gasteiger charge is 2.32. The van der Waals surface area contributed by atoms with Crippen LogP contribution in [0.1, 0.15) is 23.2 Å². The number of amides is 1. The summed E-state index contributed by atoms with van der Waals surface area (Å²) in [5.41, 5.74) is 7.21. The number of benzene rings is 2. The van der Waals surface area contributed by atoms with Gasteiger partial charge in [-0.15, -0.1) is 0 Å². The maximum atomic E-state index is 12.5. The van der Waals surface area contributed by atoms with E-state index in [0.29, 0.717) is 0 Å². The van der Waals surface area contributed by atoms with Crippen molar-refractivity contribution in [3.63, 3.8) is 0 Å². The number of nitrogens with zero attached hydrogens (tertiary/aromatic N) is 1. The molecular formula is C20H23N3OS. The van der Waals surface area contributed by atoms with Crippen molar-refractivity contribution in [3.8, 4) is 0 Å². The standard InChI is InChI=1S/C20H23N3OS/c21-16-3-7-19(8-4-16)25-18-5-1-15(2-6-18)20(24)22-17-11-14-9-10-23(12-14)13-17/h1-8,14,17H,9-13,21H2,(H,22,24). The van der Waals surface area contributed by atoms with Gasteiger partial charge in [0, 0.05) is 40.2 Å². The maximum Gasteiger partial charge on any atom is 0.251 e. The first-order valence-corrected chi connectivity index (χ1v) is 9.64. The van der Waals surface area contributed by atoms with Crippen molar-refractivity contribution in [3.05, 3.63) is 54.1 Å². The van der Waals surface area contributed by atoms with E-state index in [1.807, 2.05) is 48.5 Å². The Morgan fingerprint density at radius 1 is 1.04 bits per heavy atom. The predicted octanol–water partition coefficient (Wildman–Crippen LogP) is 3.24. The lowest BCUT2D eigenvalue weighted by Gasteiger charge is -2.30. The second-order valence-corrected chi connectivity index (χ2v) is 8.16. The number of nitrogen functional groups attached to an aromatic ring is 1. The maximum absolute atomic E-state index is 12.5. The minimum atomic E-state index is 0.0385. The van der Waals surface area contributed by atoms with Crippen LogP contribution in [-0.4, -0.2) is 36.5 Å². The summed E-state index contributed by atoms with van der Waals surface area (Å²) in [4.78, 5) is 17.2. The van der Waals surface area contributed by atoms with Crippen LogP contribution in [0.2, 0.25) is 0 Å². The van der Waals surface area contributed by atoms with Crippen LogP contribution in [0.25, 0.3) is 0 Å². The van der Waals surface area contributed by atoms with Gasteiger partial charge in [0.2, 0.25) is 0 Å². The molecule has 2 aromatic rings. The molecule has 2 fully saturated rings. The van der Waals surface area contributed by atoms with Crippen molar-refractivity contribution in [2.75, 3.05) is 25.4 Å². The van der Waals surface area contributed by atoms with E-state index in [0.717, 1.165) is 39.9 Å². The SMILES string of the molecule is Nc1ccc(Sc2ccc(C(=O)NC3CC4CCN(C4)C3)cc2)cc1. The molecule has 2 aliphatic rings. The number of anilines is 1. The molecule has 3 N–H and O–H groups in total. The number of fused-ring (bicyclic) bond motifs is 2. The lowest BCUT2D eigenvalue weighted by atomic mass is 9.96. The van der Waals surface area contributed by atoms with Crippen molar-refractivity contribution in [2.45, 2.75) is 28.7 Å². The number of rotatable bonds is 4. The number of carbonyl (C=O) groups is 1. The molecule has 0 aromatic heterocycles. The molecule has 4 rings (SSSR count). The summed E-state index contributed by atoms with van der Waals surface area (Å²) in [6, 6.07) is 15.9. The Balaban J connectivity index is 1.36. The molecule has 3 atom stereocenters. The van der Waals surface area contributed by atoms with E-state index in [9.17, 15) is 4.79 Å². The highest BCUT2D eigenvalue weighted by molar-refractivity contribution is 7.99. The molecule has 2 bridgehead atoms. The van der Waals surface area contributed by atoms with Gasteiger partial charge in [-0.2, -0.15) is 0 Å². The summed E-state index contributed by atoms with van der Waals surface area (Å²) in [5.74, 6) is 0.800. The van der Waals surface area contributed by atoms with Gasteiger partial charge in [-0.05, 0) is 73.8 Å². The lowest BCUT2D eigenvalue weighted by Crippen LogP contribution is -2.47. The van der Waals surface area contributed by atoms with Gasteiger partial charge in [0.1, 0.15) is 0 Å². The van der Waals surface area contributed by atoms with Crippen molar-refractivity contribution >= 4 is 23.4 Å². The van der Waals surface area contributed by atoms with Gasteiger partial charge in [0.15, 0.2) is 0 Å². The third kappa shape index (κ3) is 3.99. The number of carbonyl (C=O) groups excluding carboxylic acids is 1. The lowest BCUT2D eigenvalue weighted by molar-refractivity contribution is 0.0909. The van der Waals surface area contributed by atoms with E-state index in [-0.39, 0.29) is 11.9 Å². The highest BCUT2D eigenvalue weighted by atomic mass is 32.2. The molecule has 0 radical (unpaired) electrons. The zero-order chi connectivity index (χ0) is 17.2. The third-order valence-corrected chi connectivity index (χ3v) is 6.05. The van der Waals surface area contributed by atoms with Crippen molar-refractivity contribution in [2.24, 2.45) is 5.92 Å². The Kier molecular flexibility index (Phi) is 4.68. The molecule has 2 heterocycles. The second-order valence-electron chi connectivity index (χ2n) is 7.02. The van der Waals surface area contributed by atoms with Crippen LogP contribution >= 0.6 is 11.8 Å². The molecule has 2 aliphatic heterocycles. The average molecular weight is 353 g/mol. The number of hydrogen-bond donors (Lipinski definition) is 2. The molecular weight excluding hydrogens is 330 g/mol. The summed E-state index contributed by atoms with van der Waals surface area (Å²) in [6.07, 6.45) is 2.40. The summed E-state index contributed by atoms with van der Waals surface area (Å²) in [5, 5.41) is 3.21. The molecule has 130 valence electrons. The van der Waals surface area contributed by atoms with Crippen LogP contribution in [0.4, 0.5) is 5.69 Å². The summed E-state index contributed by atoms with van der Waals surface area (Å²) >= 11 is 1.67. The molecule has 25 heavy (non-hydrogen) atoms. The normalized spacial score (nSPS) is 24.9. The van der Waals surface area contributed by atoms with Gasteiger partial charge in [-0.25, -0.2) is 0 Å². The van der Waals surface area contributed by atoms with Gasteiger partial charge in [-0.3, -0.25) is 4.79 Å². The minimum Gasteiger partial charge on any atom is -0.399 e. The Labute approximate surface area is 152 Å². The van der Waals surface area contributed by atoms with Gasteiger partial charge >= 0.3 is 0 Å². The fraction of sp³-hybridized carbons (Fsp3) is 0.350. The molecule has 5 heteroatoms. The van der Waals surface area contributed by atoms with E-state index in [4.69, 9.17) is 5.73 Å². The zero-order valence-electron chi connectivity index (χ0n) is 14.2. The fourth-order valence-electron chi connectivity index (χ4n) is 3.78. The zero-order valence-corrected chi connectivity index (χ0v) is 15.0. The van der Waals surface area contributed by atoms with Gasteiger partial charge < -0.3 is 16.0 Å². The van der Waals surface area contributed by atoms with Crippen molar-refractivity contribution < 1.29 is 4.79 Å². The first kappa shape index (κ1) is 16.5. The van der Waals surface area contributed by atoms with Crippen molar-refractivity contribution in [1.82, 2.24) is 10.2 Å². The first-order chi connectivity index (χ1) is 12.2. The molecule has 4 nitrogen and oxygen atoms in total. The summed E-state index contributed by atoms with van der Waals surface area (Å²) in [6.45, 7) is 3.39. The molecule has 3 unspecified atom stereocenters. The number of nitrogens with one attached hydrogen (secondary N) is 1. The van der Waals surface area contributed by atoms with Gasteiger partial charge in [0.05, 0.1) is 0 Å². The quantitative estimate of drug-likeness (QED) is 0.829. The van der Waals surface area contributed by atoms with Crippen molar-refractivity contribution in [1.29, 1.82) is 0 Å². The van der Waals surface area contributed by atoms with Crippen LogP contribution < -0.4 is 11.1 Å². The summed E-state index contributed by atoms with van der Waals surface area (Å²) in [7, 11) is 0. The van der Waals surface area contributed by atoms with Crippen LogP contribution in [0, 0.1) is 5.92 Å². The molecule has 2 saturated heterocycles. The van der Waals surface area contributed by atoms with E-state index >= 15 is 0 Å². The number of hydrogen-bond acceptors (Lipinski definition) is 4. The van der Waals surface area contributed by atoms with E-state index < -0.39 is 0 Å². The molecule has 2 aromatic carbocycles. The topological polar surface area (TPSA) is 58.4 Å². The van der Waals surface area contributed by atoms with Crippen LogP contribution in [0.15, 0.2) is 58.3 Å². The smallest absolute Gasteiger partial charge is 0.251 e. The van der Waals surface area contributed by atoms with E-state index in [2.05, 4.69) is 10.2 Å². The van der Waals surface area contributed by atoms with Crippen LogP contribution in [-0.2, 0) is 0 Å². The largest absolute Gasteiger partial charge is 0.399 e. The number of nitrogens with two attached hydrogens (primary N) is 1. The molecule has 0 saturated carbocycles. The van der Waals surface area contributed by atoms with Gasteiger partial charge in [-0.1, -0.05) is 11.8 Å². The van der Waals surface area contributed by atoms with E-state index in [1.165, 1.54) is 19.5 Å². The summed E-state index contributed by atoms with van der Waals surface area (Å²) < 4.78 is 0. The Hall–Kier alpha value is -1.98. The van der Waals surface area contributed by atoms with Gasteiger partial charge in [0.25, 0.3) is 5.91 Å². The fourth-order valence-corrected chi connectivity index (χ4v) is 4.60. The predicted molar refractivity (Wildman–Crippen MR) is 102 cm³/mol. The molecule has 0 spiro atoms. The minimum absolute atomic E-state index is 0.0385. The first-order valence-electron chi connectivity index (χ1n) is 8.82. The molecule has 0 aliphatic carbocycles. The van der Waals surface area contributed by atoms with Crippen LogP contribution in [0.3, 0.4) is 0 Å². The monoisotopic (exact) mass is 353 g/mol. The van der Waals surface area contributed by atoms with Crippen LogP contribution in [0.5, 0.6) is 0 Å². The second kappa shape index (κ2) is 7.10. The number of piperidine rings is 1. The third-order valence-electron chi connectivity index (χ3n) is 5.03. The molecule has 1 amide bonds. The Morgan fingerprint density at radius 2 is 1.72 bits per heavy atom. The van der Waals surface area contributed by atoms with E-state index in [1.54, 1.807) is 11.8 Å².